The van der Waals surface area contributed by atoms with Crippen molar-refractivity contribution in [3.63, 3.8) is 0 Å². The van der Waals surface area contributed by atoms with Gasteiger partial charge in [-0.05, 0) is 33.8 Å². The molecule has 0 saturated carbocycles. The number of carbonyl (C=O) groups excluding carboxylic acids is 3. The van der Waals surface area contributed by atoms with Gasteiger partial charge in [-0.3, -0.25) is 0 Å². The Bertz CT molecular complexity index is 170. The summed E-state index contributed by atoms with van der Waals surface area (Å²) in [5.74, 6) is -0.398. The maximum Gasteiger partial charge on any atom is 1.00 e. The zero-order chi connectivity index (χ0) is 11.4. The first kappa shape index (κ1) is 23.8. The maximum absolute atomic E-state index is 9.44. The van der Waals surface area contributed by atoms with E-state index in [-0.39, 0.29) is 63.0 Å². The van der Waals surface area contributed by atoms with Crippen molar-refractivity contribution in [3.05, 3.63) is 18.4 Å². The van der Waals surface area contributed by atoms with Gasteiger partial charge in [0.25, 0.3) is 0 Å². The summed E-state index contributed by atoms with van der Waals surface area (Å²) in [6.07, 6.45) is 0.944. The molecule has 0 radical (unpaired) electrons. The number of Topliss-reactive ketones (excluding diaryl/α,β-unsaturated/α-hetero) is 2. The largest absolute Gasteiger partial charge is 1.00 e. The normalized spacial score (nSPS) is 6.00. The molecule has 0 atom stereocenters. The van der Waals surface area contributed by atoms with Crippen molar-refractivity contribution < 1.29 is 65.8 Å². The second-order valence-corrected chi connectivity index (χ2v) is 2.38. The van der Waals surface area contributed by atoms with E-state index in [1.165, 1.54) is 27.7 Å². The van der Waals surface area contributed by atoms with E-state index in [1.807, 2.05) is 0 Å². The van der Waals surface area contributed by atoms with Gasteiger partial charge >= 0.3 is 51.4 Å². The summed E-state index contributed by atoms with van der Waals surface area (Å²) in [4.78, 5) is 28.2. The Balaban J connectivity index is -0.0000000522. The van der Waals surface area contributed by atoms with Gasteiger partial charge in [0.15, 0.2) is 0 Å². The van der Waals surface area contributed by atoms with Gasteiger partial charge in [-0.25, -0.2) is 0 Å². The Labute approximate surface area is 128 Å². The predicted octanol–water partition coefficient (Wildman–Crippen LogP) is -1.05. The van der Waals surface area contributed by atoms with Crippen LogP contribution in [0.1, 0.15) is 27.7 Å². The molecule has 0 saturated heterocycles. The van der Waals surface area contributed by atoms with Crippen molar-refractivity contribution >= 4 is 17.5 Å². The molecule has 1 amide bonds. The van der Waals surface area contributed by atoms with E-state index in [0.717, 1.165) is 6.08 Å². The summed E-state index contributed by atoms with van der Waals surface area (Å²) in [5.41, 5.74) is 6.07. The molecule has 4 nitrogen and oxygen atoms in total. The smallest absolute Gasteiger partial charge is 0.664 e. The van der Waals surface area contributed by atoms with Gasteiger partial charge in [0, 0.05) is 0 Å². The first-order valence-electron chi connectivity index (χ1n) is 3.56. The number of ketones is 2. The second kappa shape index (κ2) is 18.9. The van der Waals surface area contributed by atoms with Crippen LogP contribution >= 0.6 is 0 Å². The van der Waals surface area contributed by atoms with Crippen molar-refractivity contribution in [3.8, 4) is 0 Å². The number of hydrogen-bond donors (Lipinski definition) is 0. The van der Waals surface area contributed by atoms with E-state index >= 15 is 0 Å². The number of rotatable bonds is 1. The van der Waals surface area contributed by atoms with E-state index < -0.39 is 5.91 Å². The molecule has 0 heterocycles. The summed E-state index contributed by atoms with van der Waals surface area (Å²) in [6, 6.07) is 0. The summed E-state index contributed by atoms with van der Waals surface area (Å²) < 4.78 is 0. The minimum Gasteiger partial charge on any atom is -0.664 e. The number of hydrogen-bond acceptors (Lipinski definition) is 3. The SMILES string of the molecule is C=CC([NH-])=O.CC(C)=O.CC(C)=O.[K+]. The molecule has 0 aliphatic rings. The van der Waals surface area contributed by atoms with E-state index in [1.54, 1.807) is 0 Å². The molecule has 5 heteroatoms. The second-order valence-electron chi connectivity index (χ2n) is 2.38. The molecule has 0 aromatic rings. The van der Waals surface area contributed by atoms with Crippen LogP contribution < -0.4 is 51.4 Å². The van der Waals surface area contributed by atoms with Crippen LogP contribution in [0.25, 0.3) is 5.73 Å². The maximum atomic E-state index is 9.44. The number of carbonyl (C=O) groups is 3. The fourth-order valence-electron chi connectivity index (χ4n) is 0. The molecule has 0 fully saturated rings. The Morgan fingerprint density at radius 2 is 1.07 bits per heavy atom. The zero-order valence-corrected chi connectivity index (χ0v) is 12.6. The Morgan fingerprint density at radius 3 is 1.07 bits per heavy atom. The third-order valence-corrected chi connectivity index (χ3v) is 0.185. The van der Waals surface area contributed by atoms with E-state index in [4.69, 9.17) is 5.73 Å². The molecule has 0 spiro atoms. The van der Waals surface area contributed by atoms with Gasteiger partial charge in [-0.15, -0.1) is 0 Å². The molecule has 0 aromatic heterocycles. The molecule has 14 heavy (non-hydrogen) atoms. The molecule has 0 unspecified atom stereocenters. The minimum atomic E-state index is -0.731. The minimum absolute atomic E-state index is 0. The molecule has 0 aliphatic carbocycles. The fourth-order valence-corrected chi connectivity index (χ4v) is 0. The van der Waals surface area contributed by atoms with Crippen LogP contribution in [0, 0.1) is 0 Å². The predicted molar refractivity (Wildman–Crippen MR) is 52.2 cm³/mol. The average Bonchev–Trinajstić information content (AvgIpc) is 1.84. The van der Waals surface area contributed by atoms with Crippen LogP contribution in [0.5, 0.6) is 0 Å². The quantitative estimate of drug-likeness (QED) is 0.422. The summed E-state index contributed by atoms with van der Waals surface area (Å²) >= 11 is 0. The van der Waals surface area contributed by atoms with Crippen LogP contribution in [0.2, 0.25) is 0 Å². The van der Waals surface area contributed by atoms with E-state index in [2.05, 4.69) is 6.58 Å². The third-order valence-electron chi connectivity index (χ3n) is 0.185. The Hall–Kier alpha value is 0.186. The molecule has 1 N–H and O–H groups in total. The summed E-state index contributed by atoms with van der Waals surface area (Å²) in [5, 5.41) is 0. The van der Waals surface area contributed by atoms with Crippen molar-refractivity contribution in [2.45, 2.75) is 27.7 Å². The molecule has 0 rings (SSSR count). The summed E-state index contributed by atoms with van der Waals surface area (Å²) in [7, 11) is 0. The van der Waals surface area contributed by atoms with Crippen LogP contribution in [0.4, 0.5) is 0 Å². The first-order chi connectivity index (χ1) is 5.73. The Morgan fingerprint density at radius 1 is 1.00 bits per heavy atom. The van der Waals surface area contributed by atoms with Crippen LogP contribution in [-0.2, 0) is 14.4 Å². The average molecular weight is 225 g/mol. The number of nitrogens with one attached hydrogen (secondary N) is 1. The fraction of sp³-hybridized carbons (Fsp3) is 0.444. The van der Waals surface area contributed by atoms with Crippen LogP contribution in [0.15, 0.2) is 12.7 Å². The van der Waals surface area contributed by atoms with Gasteiger partial charge in [0.2, 0.25) is 0 Å². The zero-order valence-electron chi connectivity index (χ0n) is 9.51. The Kier molecular flexibility index (Phi) is 32.0. The first-order valence-corrected chi connectivity index (χ1v) is 3.56. The molecule has 0 bridgehead atoms. The van der Waals surface area contributed by atoms with E-state index in [9.17, 15) is 14.4 Å². The summed E-state index contributed by atoms with van der Waals surface area (Å²) in [6.45, 7) is 9.13. The van der Waals surface area contributed by atoms with Crippen LogP contribution in [0.3, 0.4) is 0 Å². The molecule has 76 valence electrons. The number of amides is 1. The molecular formula is C9H16KNO3. The van der Waals surface area contributed by atoms with Crippen molar-refractivity contribution in [1.29, 1.82) is 0 Å². The molecule has 0 aromatic carbocycles. The van der Waals surface area contributed by atoms with Crippen molar-refractivity contribution in [1.82, 2.24) is 0 Å². The standard InChI is InChI=1S/C3H5NO.2C3H6O.K/c1-2-3(4)5;2*1-3(2)4;/h2H,1H2,(H2,4,5);2*1-2H3;/q;;;+1/p-1. The van der Waals surface area contributed by atoms with Gasteiger partial charge in [0.05, 0.1) is 5.91 Å². The van der Waals surface area contributed by atoms with Gasteiger partial charge in [-0.1, -0.05) is 6.58 Å². The van der Waals surface area contributed by atoms with Crippen molar-refractivity contribution in [2.24, 2.45) is 0 Å². The van der Waals surface area contributed by atoms with Gasteiger partial charge in [-0.2, -0.15) is 0 Å². The van der Waals surface area contributed by atoms with Crippen molar-refractivity contribution in [2.75, 3.05) is 0 Å². The van der Waals surface area contributed by atoms with Crippen LogP contribution in [-0.4, -0.2) is 17.5 Å². The molecular weight excluding hydrogens is 209 g/mol. The van der Waals surface area contributed by atoms with E-state index in [0.29, 0.717) is 0 Å². The molecule has 0 aliphatic heterocycles. The van der Waals surface area contributed by atoms with Gasteiger partial charge in [0.1, 0.15) is 11.6 Å². The topological polar surface area (TPSA) is 75.0 Å². The monoisotopic (exact) mass is 225 g/mol. The van der Waals surface area contributed by atoms with Gasteiger partial charge < -0.3 is 20.1 Å². The third kappa shape index (κ3) is 319.